The Bertz CT molecular complexity index is 546. The van der Waals surface area contributed by atoms with Gasteiger partial charge in [0.25, 0.3) is 0 Å². The molecule has 4 rings (SSSR count). The van der Waals surface area contributed by atoms with E-state index in [1.807, 2.05) is 30.3 Å². The fourth-order valence-corrected chi connectivity index (χ4v) is 2.87. The molecule has 0 amide bonds. The monoisotopic (exact) mass is 242 g/mol. The van der Waals surface area contributed by atoms with Crippen LogP contribution in [-0.2, 0) is 4.74 Å². The minimum atomic E-state index is -0.502. The number of hydrogen-bond donors (Lipinski definition) is 1. The van der Waals surface area contributed by atoms with Crippen LogP contribution in [0.5, 0.6) is 5.75 Å². The quantitative estimate of drug-likeness (QED) is 0.766. The highest BCUT2D eigenvalue weighted by atomic mass is 16.6. The Morgan fingerprint density at radius 3 is 3.06 bits per heavy atom. The normalized spacial score (nSPS) is 36.2. The van der Waals surface area contributed by atoms with Crippen molar-refractivity contribution in [3.05, 3.63) is 53.6 Å². The van der Waals surface area contributed by atoms with Crippen LogP contribution in [0, 0.1) is 5.92 Å². The van der Waals surface area contributed by atoms with E-state index in [9.17, 15) is 5.11 Å². The van der Waals surface area contributed by atoms with Crippen molar-refractivity contribution in [1.82, 2.24) is 0 Å². The third kappa shape index (κ3) is 1.44. The molecule has 4 unspecified atom stereocenters. The van der Waals surface area contributed by atoms with E-state index in [2.05, 4.69) is 12.2 Å². The number of hydrogen-bond acceptors (Lipinski definition) is 3. The molecular formula is C15H14O3. The average molecular weight is 242 g/mol. The number of rotatable bonds is 1. The minimum absolute atomic E-state index is 0.000139. The molecule has 2 heterocycles. The van der Waals surface area contributed by atoms with Gasteiger partial charge in [-0.05, 0) is 11.6 Å². The average Bonchev–Trinajstić information content (AvgIpc) is 3.19. The fraction of sp³-hybridized carbons (Fsp3) is 0.333. The van der Waals surface area contributed by atoms with E-state index in [0.717, 1.165) is 16.9 Å². The number of aliphatic hydroxyl groups excluding tert-OH is 1. The molecule has 3 nitrogen and oxygen atoms in total. The predicted molar refractivity (Wildman–Crippen MR) is 66.3 cm³/mol. The minimum Gasteiger partial charge on any atom is -0.492 e. The molecule has 1 fully saturated rings. The highest BCUT2D eigenvalue weighted by Gasteiger charge is 2.46. The maximum atomic E-state index is 10.5. The van der Waals surface area contributed by atoms with Crippen molar-refractivity contribution in [2.45, 2.75) is 18.3 Å². The molecule has 0 saturated carbocycles. The van der Waals surface area contributed by atoms with Gasteiger partial charge in [0.2, 0.25) is 0 Å². The van der Waals surface area contributed by atoms with E-state index in [-0.39, 0.29) is 18.1 Å². The second-order valence-corrected chi connectivity index (χ2v) is 4.97. The lowest BCUT2D eigenvalue weighted by Crippen LogP contribution is -2.29. The summed E-state index contributed by atoms with van der Waals surface area (Å²) in [6.07, 6.45) is 5.99. The van der Waals surface area contributed by atoms with Crippen molar-refractivity contribution in [2.75, 3.05) is 6.61 Å². The van der Waals surface area contributed by atoms with Crippen molar-refractivity contribution in [3.63, 3.8) is 0 Å². The zero-order valence-corrected chi connectivity index (χ0v) is 9.82. The topological polar surface area (TPSA) is 42.0 Å². The zero-order valence-electron chi connectivity index (χ0n) is 9.82. The summed E-state index contributed by atoms with van der Waals surface area (Å²) in [5.41, 5.74) is 2.03. The highest BCUT2D eigenvalue weighted by Crippen LogP contribution is 2.45. The van der Waals surface area contributed by atoms with Gasteiger partial charge in [0.1, 0.15) is 18.0 Å². The van der Waals surface area contributed by atoms with Crippen LogP contribution in [0.4, 0.5) is 0 Å². The Morgan fingerprint density at radius 2 is 2.11 bits per heavy atom. The van der Waals surface area contributed by atoms with Crippen LogP contribution in [0.1, 0.15) is 11.7 Å². The van der Waals surface area contributed by atoms with Crippen molar-refractivity contribution < 1.29 is 14.6 Å². The summed E-state index contributed by atoms with van der Waals surface area (Å²) in [5.74, 6) is 0.793. The number of benzene rings is 1. The van der Waals surface area contributed by atoms with Gasteiger partial charge in [-0.1, -0.05) is 36.4 Å². The molecular weight excluding hydrogens is 228 g/mol. The molecule has 3 aliphatic rings. The van der Waals surface area contributed by atoms with Gasteiger partial charge in [-0.3, -0.25) is 0 Å². The molecule has 18 heavy (non-hydrogen) atoms. The zero-order chi connectivity index (χ0) is 12.1. The van der Waals surface area contributed by atoms with Gasteiger partial charge >= 0.3 is 0 Å². The number of ether oxygens (including phenoxy) is 2. The van der Waals surface area contributed by atoms with Crippen LogP contribution < -0.4 is 4.74 Å². The molecule has 1 aromatic carbocycles. The van der Waals surface area contributed by atoms with Gasteiger partial charge < -0.3 is 14.6 Å². The lowest BCUT2D eigenvalue weighted by atomic mass is 9.83. The SMILES string of the molecule is OC1c2ccccc2OCC1C1=CC=CC2OC12. The molecule has 0 radical (unpaired) electrons. The maximum absolute atomic E-state index is 10.5. The van der Waals surface area contributed by atoms with Crippen LogP contribution in [0.15, 0.2) is 48.1 Å². The molecule has 1 aliphatic carbocycles. The second-order valence-electron chi connectivity index (χ2n) is 4.97. The summed E-state index contributed by atoms with van der Waals surface area (Å²) in [7, 11) is 0. The van der Waals surface area contributed by atoms with E-state index in [4.69, 9.17) is 9.47 Å². The van der Waals surface area contributed by atoms with Gasteiger partial charge in [-0.2, -0.15) is 0 Å². The summed E-state index contributed by atoms with van der Waals surface area (Å²) >= 11 is 0. The van der Waals surface area contributed by atoms with Crippen molar-refractivity contribution in [2.24, 2.45) is 5.92 Å². The number of fused-ring (bicyclic) bond motifs is 2. The Morgan fingerprint density at radius 1 is 1.22 bits per heavy atom. The third-order valence-electron chi connectivity index (χ3n) is 3.91. The first-order valence-electron chi connectivity index (χ1n) is 6.28. The first-order chi connectivity index (χ1) is 8.84. The molecule has 0 aromatic heterocycles. The summed E-state index contributed by atoms with van der Waals surface area (Å²) < 4.78 is 11.3. The predicted octanol–water partition coefficient (Wildman–Crippen LogP) is 1.99. The van der Waals surface area contributed by atoms with Crippen molar-refractivity contribution in [1.29, 1.82) is 0 Å². The van der Waals surface area contributed by atoms with Gasteiger partial charge in [-0.15, -0.1) is 0 Å². The van der Waals surface area contributed by atoms with Gasteiger partial charge in [0, 0.05) is 11.5 Å². The van der Waals surface area contributed by atoms with Crippen LogP contribution in [-0.4, -0.2) is 23.9 Å². The Kier molecular flexibility index (Phi) is 2.13. The van der Waals surface area contributed by atoms with Crippen LogP contribution in [0.3, 0.4) is 0 Å². The molecule has 4 atom stereocenters. The van der Waals surface area contributed by atoms with Crippen molar-refractivity contribution >= 4 is 0 Å². The smallest absolute Gasteiger partial charge is 0.125 e. The lowest BCUT2D eigenvalue weighted by molar-refractivity contribution is 0.0658. The Labute approximate surface area is 105 Å². The van der Waals surface area contributed by atoms with Crippen LogP contribution in [0.25, 0.3) is 0 Å². The third-order valence-corrected chi connectivity index (χ3v) is 3.91. The van der Waals surface area contributed by atoms with E-state index >= 15 is 0 Å². The van der Waals surface area contributed by atoms with Gasteiger partial charge in [-0.25, -0.2) is 0 Å². The van der Waals surface area contributed by atoms with Crippen LogP contribution in [0.2, 0.25) is 0 Å². The maximum Gasteiger partial charge on any atom is 0.125 e. The number of allylic oxidation sites excluding steroid dienone is 2. The summed E-state index contributed by atoms with van der Waals surface area (Å²) in [5, 5.41) is 10.5. The fourth-order valence-electron chi connectivity index (χ4n) is 2.87. The summed E-state index contributed by atoms with van der Waals surface area (Å²) in [6.45, 7) is 0.518. The van der Waals surface area contributed by atoms with Crippen molar-refractivity contribution in [3.8, 4) is 5.75 Å². The largest absolute Gasteiger partial charge is 0.492 e. The van der Waals surface area contributed by atoms with E-state index in [1.54, 1.807) is 0 Å². The lowest BCUT2D eigenvalue weighted by Gasteiger charge is -2.31. The van der Waals surface area contributed by atoms with E-state index in [1.165, 1.54) is 0 Å². The molecule has 1 N–H and O–H groups in total. The molecule has 0 bridgehead atoms. The molecule has 1 saturated heterocycles. The Balaban J connectivity index is 1.69. The summed E-state index contributed by atoms with van der Waals surface area (Å²) in [4.78, 5) is 0. The standard InChI is InChI=1S/C15H14O3/c16-14-10-4-1-2-6-12(10)17-8-11(14)9-5-3-7-13-15(9)18-13/h1-7,11,13-16H,8H2. The first-order valence-corrected chi connectivity index (χ1v) is 6.28. The number of para-hydroxylation sites is 1. The number of epoxide rings is 1. The Hall–Kier alpha value is -1.58. The number of aliphatic hydroxyl groups is 1. The van der Waals surface area contributed by atoms with E-state index in [0.29, 0.717) is 6.61 Å². The molecule has 2 aliphatic heterocycles. The van der Waals surface area contributed by atoms with Crippen LogP contribution >= 0.6 is 0 Å². The summed E-state index contributed by atoms with van der Waals surface area (Å²) in [6, 6.07) is 7.69. The highest BCUT2D eigenvalue weighted by molar-refractivity contribution is 5.41. The molecule has 92 valence electrons. The molecule has 0 spiro atoms. The van der Waals surface area contributed by atoms with E-state index < -0.39 is 6.10 Å². The first kappa shape index (κ1) is 10.4. The van der Waals surface area contributed by atoms with Gasteiger partial charge in [0.05, 0.1) is 12.7 Å². The molecule has 3 heteroatoms. The molecule has 1 aromatic rings. The second kappa shape index (κ2) is 3.70. The van der Waals surface area contributed by atoms with Gasteiger partial charge in [0.15, 0.2) is 0 Å².